The monoisotopic (exact) mass is 475 g/mol. The van der Waals surface area contributed by atoms with Gasteiger partial charge in [-0.15, -0.1) is 0 Å². The van der Waals surface area contributed by atoms with Crippen molar-refractivity contribution < 1.29 is 9.53 Å². The van der Waals surface area contributed by atoms with Crippen molar-refractivity contribution in [2.75, 3.05) is 23.3 Å². The van der Waals surface area contributed by atoms with Gasteiger partial charge in [0.2, 0.25) is 5.95 Å². The van der Waals surface area contributed by atoms with Crippen LogP contribution in [-0.4, -0.2) is 55.6 Å². The van der Waals surface area contributed by atoms with Crippen LogP contribution in [-0.2, 0) is 11.8 Å². The lowest BCUT2D eigenvalue weighted by Crippen LogP contribution is -2.49. The number of carbonyl (C=O) groups excluding carboxylic acids is 1. The number of ether oxygens (including phenoxy) is 1. The van der Waals surface area contributed by atoms with Crippen molar-refractivity contribution >= 4 is 23.5 Å². The molecule has 0 unspecified atom stereocenters. The maximum Gasteiger partial charge on any atom is 0.407 e. The summed E-state index contributed by atoms with van der Waals surface area (Å²) in [5.41, 5.74) is 2.20. The van der Waals surface area contributed by atoms with E-state index < -0.39 is 11.7 Å². The van der Waals surface area contributed by atoms with Crippen molar-refractivity contribution in [3.63, 3.8) is 0 Å². The number of alkyl carbamates (subject to hydrolysis) is 1. The number of aryl methyl sites for hydroxylation is 1. The standard InChI is InChI=1S/C24H29N9O2/c1-24(2,3)35-23(34)30-19-6-5-9-33(15-19)21-20(16-11-28-32(4)14-16)13-27-22(31-21)29-18-8-7-17(10-25)26-12-18/h7-8,11-14,19H,5-6,9,15H2,1-4H3,(H,30,34)(H,27,29,31)/t19-/m1/s1. The third kappa shape index (κ3) is 6.23. The van der Waals surface area contributed by atoms with Crippen molar-refractivity contribution in [1.82, 2.24) is 30.0 Å². The zero-order valence-corrected chi connectivity index (χ0v) is 20.3. The number of anilines is 3. The Morgan fingerprint density at radius 1 is 1.23 bits per heavy atom. The first-order valence-electron chi connectivity index (χ1n) is 11.4. The summed E-state index contributed by atoms with van der Waals surface area (Å²) in [6, 6.07) is 5.31. The minimum Gasteiger partial charge on any atom is -0.444 e. The van der Waals surface area contributed by atoms with Gasteiger partial charge in [-0.2, -0.15) is 15.3 Å². The lowest BCUT2D eigenvalue weighted by Gasteiger charge is -2.35. The van der Waals surface area contributed by atoms with Gasteiger partial charge in [-0.25, -0.2) is 14.8 Å². The summed E-state index contributed by atoms with van der Waals surface area (Å²) in [6.07, 6.45) is 8.35. The Hall–Kier alpha value is -4.20. The van der Waals surface area contributed by atoms with Crippen LogP contribution in [0.4, 0.5) is 22.2 Å². The molecular formula is C24H29N9O2. The number of rotatable bonds is 5. The quantitative estimate of drug-likeness (QED) is 0.569. The van der Waals surface area contributed by atoms with Gasteiger partial charge in [0.05, 0.1) is 18.1 Å². The lowest BCUT2D eigenvalue weighted by atomic mass is 10.0. The molecule has 1 atom stereocenters. The molecule has 4 heterocycles. The van der Waals surface area contributed by atoms with Gasteiger partial charge in [-0.05, 0) is 45.7 Å². The van der Waals surface area contributed by atoms with Gasteiger partial charge < -0.3 is 20.3 Å². The number of hydrogen-bond donors (Lipinski definition) is 2. The normalized spacial score (nSPS) is 15.9. The van der Waals surface area contributed by atoms with Crippen LogP contribution in [0.15, 0.2) is 36.9 Å². The predicted octanol–water partition coefficient (Wildman–Crippen LogP) is 3.38. The molecule has 4 rings (SSSR count). The first kappa shape index (κ1) is 23.9. The van der Waals surface area contributed by atoms with Gasteiger partial charge in [0.1, 0.15) is 23.2 Å². The average molecular weight is 476 g/mol. The average Bonchev–Trinajstić information content (AvgIpc) is 3.24. The fourth-order valence-corrected chi connectivity index (χ4v) is 3.86. The van der Waals surface area contributed by atoms with E-state index in [-0.39, 0.29) is 6.04 Å². The minimum atomic E-state index is -0.556. The number of pyridine rings is 1. The summed E-state index contributed by atoms with van der Waals surface area (Å²) in [5.74, 6) is 1.15. The largest absolute Gasteiger partial charge is 0.444 e. The molecular weight excluding hydrogens is 446 g/mol. The van der Waals surface area contributed by atoms with Crippen LogP contribution < -0.4 is 15.5 Å². The zero-order valence-electron chi connectivity index (χ0n) is 20.3. The summed E-state index contributed by atoms with van der Waals surface area (Å²) in [6.45, 7) is 6.91. The summed E-state index contributed by atoms with van der Waals surface area (Å²) < 4.78 is 7.17. The second kappa shape index (κ2) is 9.97. The Labute approximate surface area is 204 Å². The molecule has 2 N–H and O–H groups in total. The van der Waals surface area contributed by atoms with Gasteiger partial charge in [-0.1, -0.05) is 0 Å². The molecule has 0 saturated carbocycles. The van der Waals surface area contributed by atoms with Crippen LogP contribution in [0.25, 0.3) is 11.1 Å². The maximum atomic E-state index is 12.3. The molecule has 1 saturated heterocycles. The third-order valence-electron chi connectivity index (χ3n) is 5.36. The molecule has 3 aromatic heterocycles. The molecule has 1 fully saturated rings. The van der Waals surface area contributed by atoms with Crippen LogP contribution in [0, 0.1) is 11.3 Å². The number of nitrogens with zero attached hydrogens (tertiary/aromatic N) is 7. The number of piperidine rings is 1. The summed E-state index contributed by atoms with van der Waals surface area (Å²) in [7, 11) is 1.86. The molecule has 0 aromatic carbocycles. The van der Waals surface area contributed by atoms with E-state index in [4.69, 9.17) is 15.0 Å². The van der Waals surface area contributed by atoms with E-state index in [9.17, 15) is 4.79 Å². The van der Waals surface area contributed by atoms with Crippen LogP contribution in [0.5, 0.6) is 0 Å². The summed E-state index contributed by atoms with van der Waals surface area (Å²) >= 11 is 0. The van der Waals surface area contributed by atoms with Crippen LogP contribution >= 0.6 is 0 Å². The molecule has 0 aliphatic carbocycles. The Morgan fingerprint density at radius 2 is 2.06 bits per heavy atom. The highest BCUT2D eigenvalue weighted by Crippen LogP contribution is 2.31. The molecule has 0 bridgehead atoms. The fourth-order valence-electron chi connectivity index (χ4n) is 3.86. The SMILES string of the molecule is Cn1cc(-c2cnc(Nc3ccc(C#N)nc3)nc2N2CCC[C@@H](NC(=O)OC(C)(C)C)C2)cn1. The maximum absolute atomic E-state index is 12.3. The van der Waals surface area contributed by atoms with Crippen molar-refractivity contribution in [1.29, 1.82) is 5.26 Å². The highest BCUT2D eigenvalue weighted by molar-refractivity contribution is 5.76. The molecule has 0 spiro atoms. The molecule has 35 heavy (non-hydrogen) atoms. The van der Waals surface area contributed by atoms with Gasteiger partial charge in [0.15, 0.2) is 0 Å². The highest BCUT2D eigenvalue weighted by atomic mass is 16.6. The van der Waals surface area contributed by atoms with Crippen molar-refractivity contribution in [3.05, 3.63) is 42.6 Å². The zero-order chi connectivity index (χ0) is 25.0. The highest BCUT2D eigenvalue weighted by Gasteiger charge is 2.27. The Bertz CT molecular complexity index is 1230. The third-order valence-corrected chi connectivity index (χ3v) is 5.36. The Morgan fingerprint density at radius 3 is 2.71 bits per heavy atom. The van der Waals surface area contributed by atoms with Gasteiger partial charge >= 0.3 is 6.09 Å². The predicted molar refractivity (Wildman–Crippen MR) is 131 cm³/mol. The first-order valence-corrected chi connectivity index (χ1v) is 11.4. The van der Waals surface area contributed by atoms with E-state index in [1.165, 1.54) is 0 Å². The van der Waals surface area contributed by atoms with Crippen LogP contribution in [0.2, 0.25) is 0 Å². The van der Waals surface area contributed by atoms with Gasteiger partial charge in [0, 0.05) is 49.7 Å². The van der Waals surface area contributed by atoms with Crippen LogP contribution in [0.3, 0.4) is 0 Å². The lowest BCUT2D eigenvalue weighted by molar-refractivity contribution is 0.0500. The molecule has 11 nitrogen and oxygen atoms in total. The first-order chi connectivity index (χ1) is 16.7. The van der Waals surface area contributed by atoms with E-state index in [0.29, 0.717) is 23.9 Å². The Balaban J connectivity index is 1.59. The molecule has 11 heteroatoms. The molecule has 3 aromatic rings. The Kier molecular flexibility index (Phi) is 6.82. The number of hydrogen-bond acceptors (Lipinski definition) is 9. The molecule has 0 radical (unpaired) electrons. The molecule has 182 valence electrons. The molecule has 1 aliphatic rings. The number of nitrogens with one attached hydrogen (secondary N) is 2. The minimum absolute atomic E-state index is 0.0746. The van der Waals surface area contributed by atoms with E-state index in [0.717, 1.165) is 36.3 Å². The molecule has 1 amide bonds. The van der Waals surface area contributed by atoms with Crippen molar-refractivity contribution in [2.24, 2.45) is 7.05 Å². The second-order valence-electron chi connectivity index (χ2n) is 9.43. The van der Waals surface area contributed by atoms with Gasteiger partial charge in [0.25, 0.3) is 0 Å². The number of carbonyl (C=O) groups is 1. The van der Waals surface area contributed by atoms with E-state index in [2.05, 4.69) is 30.6 Å². The van der Waals surface area contributed by atoms with Crippen molar-refractivity contribution in [2.45, 2.75) is 45.3 Å². The van der Waals surface area contributed by atoms with E-state index >= 15 is 0 Å². The van der Waals surface area contributed by atoms with Crippen molar-refractivity contribution in [3.8, 4) is 17.2 Å². The fraction of sp³-hybridized carbons (Fsp3) is 0.417. The van der Waals surface area contributed by atoms with E-state index in [1.807, 2.05) is 40.1 Å². The number of nitriles is 1. The second-order valence-corrected chi connectivity index (χ2v) is 9.43. The number of aromatic nitrogens is 5. The summed E-state index contributed by atoms with van der Waals surface area (Å²) in [4.78, 5) is 27.9. The van der Waals surface area contributed by atoms with Gasteiger partial charge in [-0.3, -0.25) is 4.68 Å². The molecule has 1 aliphatic heterocycles. The topological polar surface area (TPSA) is 134 Å². The van der Waals surface area contributed by atoms with E-state index in [1.54, 1.807) is 35.4 Å². The summed E-state index contributed by atoms with van der Waals surface area (Å²) in [5, 5.41) is 19.4. The van der Waals surface area contributed by atoms with Crippen LogP contribution in [0.1, 0.15) is 39.3 Å². The number of amides is 1. The smallest absolute Gasteiger partial charge is 0.407 e.